The second-order valence-electron chi connectivity index (χ2n) is 7.13. The lowest BCUT2D eigenvalue weighted by molar-refractivity contribution is -0.158. The highest BCUT2D eigenvalue weighted by Gasteiger charge is 2.36. The number of terminal acetylenes is 1. The Morgan fingerprint density at radius 3 is 2.44 bits per heavy atom. The van der Waals surface area contributed by atoms with Crippen LogP contribution in [0.25, 0.3) is 0 Å². The molecule has 0 aliphatic carbocycles. The van der Waals surface area contributed by atoms with Crippen molar-refractivity contribution < 1.29 is 28.6 Å². The second kappa shape index (κ2) is 13.2. The van der Waals surface area contributed by atoms with E-state index in [0.29, 0.717) is 12.8 Å². The maximum atomic E-state index is 12.1. The number of rotatable bonds is 13. The van der Waals surface area contributed by atoms with Crippen molar-refractivity contribution in [1.82, 2.24) is 0 Å². The molecule has 0 saturated carbocycles. The van der Waals surface area contributed by atoms with Crippen LogP contribution in [0, 0.1) is 18.3 Å². The molecule has 0 aromatic rings. The van der Waals surface area contributed by atoms with E-state index in [1.807, 2.05) is 0 Å². The van der Waals surface area contributed by atoms with Crippen LogP contribution in [0.5, 0.6) is 0 Å². The Morgan fingerprint density at radius 2 is 1.81 bits per heavy atom. The molecule has 27 heavy (non-hydrogen) atoms. The van der Waals surface area contributed by atoms with E-state index in [-0.39, 0.29) is 24.6 Å². The van der Waals surface area contributed by atoms with E-state index in [0.717, 1.165) is 32.1 Å². The first kappa shape index (κ1) is 23.0. The molecule has 1 aliphatic rings. The molecule has 0 aromatic heterocycles. The van der Waals surface area contributed by atoms with Gasteiger partial charge in [0.2, 0.25) is 0 Å². The summed E-state index contributed by atoms with van der Waals surface area (Å²) in [5, 5.41) is 0. The zero-order valence-electron chi connectivity index (χ0n) is 16.5. The smallest absolute Gasteiger partial charge is 0.309 e. The molecule has 1 aliphatic heterocycles. The summed E-state index contributed by atoms with van der Waals surface area (Å²) in [6.07, 6.45) is 14.0. The van der Waals surface area contributed by atoms with Crippen molar-refractivity contribution in [3.8, 4) is 12.3 Å². The highest BCUT2D eigenvalue weighted by molar-refractivity contribution is 5.74. The Hall–Kier alpha value is -2.03. The van der Waals surface area contributed by atoms with Crippen LogP contribution in [-0.4, -0.2) is 36.7 Å². The lowest BCUT2D eigenvalue weighted by Gasteiger charge is -2.18. The van der Waals surface area contributed by atoms with Crippen molar-refractivity contribution in [2.45, 2.75) is 90.3 Å². The van der Waals surface area contributed by atoms with E-state index < -0.39 is 18.0 Å². The van der Waals surface area contributed by atoms with Gasteiger partial charge in [-0.05, 0) is 25.7 Å². The lowest BCUT2D eigenvalue weighted by atomic mass is 9.95. The third-order valence-electron chi connectivity index (χ3n) is 4.61. The monoisotopic (exact) mass is 380 g/mol. The topological polar surface area (TPSA) is 78.9 Å². The summed E-state index contributed by atoms with van der Waals surface area (Å²) in [6, 6.07) is 0. The Bertz CT molecular complexity index is 521. The standard InChI is InChI=1S/C21H32O6/c1-4-5-6-7-8-9-10-11-12-19-13-18(21(24)27-19)14-20(26-17(3)23)15-25-16(2)22/h1,18-20H,5-15H2,2-3H3/t18-,19-,20+/m1/s1. The van der Waals surface area contributed by atoms with Gasteiger partial charge in [-0.15, -0.1) is 12.3 Å². The van der Waals surface area contributed by atoms with Crippen molar-refractivity contribution in [3.63, 3.8) is 0 Å². The number of cyclic esters (lactones) is 1. The molecule has 3 atom stereocenters. The molecule has 0 N–H and O–H groups in total. The quantitative estimate of drug-likeness (QED) is 0.210. The Balaban J connectivity index is 2.27. The van der Waals surface area contributed by atoms with Gasteiger partial charge in [0.15, 0.2) is 0 Å². The summed E-state index contributed by atoms with van der Waals surface area (Å²) in [5.74, 6) is 1.17. The fourth-order valence-electron chi connectivity index (χ4n) is 3.31. The SMILES string of the molecule is C#CCCCCCCCC[C@@H]1C[C@H](C[C@@H](COC(C)=O)OC(C)=O)C(=O)O1. The van der Waals surface area contributed by atoms with Gasteiger partial charge in [0.25, 0.3) is 0 Å². The molecule has 0 amide bonds. The first-order chi connectivity index (χ1) is 12.9. The fourth-order valence-corrected chi connectivity index (χ4v) is 3.31. The maximum absolute atomic E-state index is 12.1. The Labute approximate surface area is 162 Å². The summed E-state index contributed by atoms with van der Waals surface area (Å²) < 4.78 is 15.5. The molecule has 6 nitrogen and oxygen atoms in total. The molecule has 1 heterocycles. The summed E-state index contributed by atoms with van der Waals surface area (Å²) >= 11 is 0. The average molecular weight is 380 g/mol. The molecule has 6 heteroatoms. The van der Waals surface area contributed by atoms with E-state index in [1.165, 1.54) is 33.1 Å². The zero-order valence-corrected chi connectivity index (χ0v) is 16.5. The largest absolute Gasteiger partial charge is 0.462 e. The second-order valence-corrected chi connectivity index (χ2v) is 7.13. The fraction of sp³-hybridized carbons (Fsp3) is 0.762. The summed E-state index contributed by atoms with van der Waals surface area (Å²) in [7, 11) is 0. The highest BCUT2D eigenvalue weighted by Crippen LogP contribution is 2.29. The van der Waals surface area contributed by atoms with Crippen molar-refractivity contribution in [2.24, 2.45) is 5.92 Å². The highest BCUT2D eigenvalue weighted by atomic mass is 16.6. The van der Waals surface area contributed by atoms with E-state index in [1.54, 1.807) is 0 Å². The molecule has 0 aromatic carbocycles. The average Bonchev–Trinajstić information content (AvgIpc) is 2.94. The van der Waals surface area contributed by atoms with E-state index in [4.69, 9.17) is 20.6 Å². The number of carbonyl (C=O) groups is 3. The van der Waals surface area contributed by atoms with Crippen molar-refractivity contribution in [3.05, 3.63) is 0 Å². The molecule has 0 radical (unpaired) electrons. The minimum absolute atomic E-state index is 0.0387. The number of ether oxygens (including phenoxy) is 3. The summed E-state index contributed by atoms with van der Waals surface area (Å²) in [4.78, 5) is 34.3. The number of carbonyl (C=O) groups excluding carboxylic acids is 3. The Morgan fingerprint density at radius 1 is 1.15 bits per heavy atom. The minimum atomic E-state index is -0.620. The molecule has 1 fully saturated rings. The van der Waals surface area contributed by atoms with Gasteiger partial charge in [0.1, 0.15) is 18.8 Å². The number of hydrogen-bond donors (Lipinski definition) is 0. The summed E-state index contributed by atoms with van der Waals surface area (Å²) in [5.41, 5.74) is 0. The van der Waals surface area contributed by atoms with E-state index in [9.17, 15) is 14.4 Å². The van der Waals surface area contributed by atoms with Crippen LogP contribution < -0.4 is 0 Å². The number of hydrogen-bond acceptors (Lipinski definition) is 6. The number of esters is 3. The van der Waals surface area contributed by atoms with Gasteiger partial charge in [-0.1, -0.05) is 25.7 Å². The zero-order chi connectivity index (χ0) is 20.1. The van der Waals surface area contributed by atoms with Crippen molar-refractivity contribution in [2.75, 3.05) is 6.61 Å². The van der Waals surface area contributed by atoms with Crippen LogP contribution in [0.1, 0.15) is 78.1 Å². The van der Waals surface area contributed by atoms with Crippen LogP contribution in [0.3, 0.4) is 0 Å². The first-order valence-electron chi connectivity index (χ1n) is 9.87. The van der Waals surface area contributed by atoms with Crippen LogP contribution in [0.2, 0.25) is 0 Å². The minimum Gasteiger partial charge on any atom is -0.462 e. The van der Waals surface area contributed by atoms with Crippen LogP contribution in [0.15, 0.2) is 0 Å². The van der Waals surface area contributed by atoms with Gasteiger partial charge in [-0.3, -0.25) is 14.4 Å². The molecular weight excluding hydrogens is 348 g/mol. The normalized spacial score (nSPS) is 19.8. The van der Waals surface area contributed by atoms with E-state index in [2.05, 4.69) is 5.92 Å². The third kappa shape index (κ3) is 10.6. The summed E-state index contributed by atoms with van der Waals surface area (Å²) in [6.45, 7) is 2.55. The molecule has 1 rings (SSSR count). The predicted molar refractivity (Wildman–Crippen MR) is 101 cm³/mol. The first-order valence-corrected chi connectivity index (χ1v) is 9.87. The van der Waals surface area contributed by atoms with Crippen LogP contribution >= 0.6 is 0 Å². The van der Waals surface area contributed by atoms with Crippen LogP contribution in [0.4, 0.5) is 0 Å². The molecule has 0 bridgehead atoms. The lowest BCUT2D eigenvalue weighted by Crippen LogP contribution is -2.27. The molecule has 0 unspecified atom stereocenters. The van der Waals surface area contributed by atoms with Crippen LogP contribution in [-0.2, 0) is 28.6 Å². The van der Waals surface area contributed by atoms with Crippen molar-refractivity contribution in [1.29, 1.82) is 0 Å². The van der Waals surface area contributed by atoms with Gasteiger partial charge in [0, 0.05) is 26.7 Å². The van der Waals surface area contributed by atoms with Gasteiger partial charge in [-0.2, -0.15) is 0 Å². The molecule has 1 saturated heterocycles. The van der Waals surface area contributed by atoms with Gasteiger partial charge in [-0.25, -0.2) is 0 Å². The maximum Gasteiger partial charge on any atom is 0.309 e. The molecule has 0 spiro atoms. The van der Waals surface area contributed by atoms with E-state index >= 15 is 0 Å². The van der Waals surface area contributed by atoms with Gasteiger partial charge in [0.05, 0.1) is 5.92 Å². The van der Waals surface area contributed by atoms with Gasteiger partial charge >= 0.3 is 17.9 Å². The molecule has 152 valence electrons. The third-order valence-corrected chi connectivity index (χ3v) is 4.61. The Kier molecular flexibility index (Phi) is 11.2. The number of unbranched alkanes of at least 4 members (excludes halogenated alkanes) is 6. The van der Waals surface area contributed by atoms with Gasteiger partial charge < -0.3 is 14.2 Å². The molecular formula is C21H32O6. The predicted octanol–water partition coefficient (Wildman–Crippen LogP) is 3.56. The van der Waals surface area contributed by atoms with Crippen molar-refractivity contribution >= 4 is 17.9 Å².